The minimum atomic E-state index is -0.207. The van der Waals surface area contributed by atoms with E-state index in [1.807, 2.05) is 29.1 Å². The van der Waals surface area contributed by atoms with Gasteiger partial charge in [0.05, 0.1) is 13.3 Å². The van der Waals surface area contributed by atoms with Gasteiger partial charge in [-0.15, -0.1) is 0 Å². The Balaban J connectivity index is 1.86. The second-order valence-electron chi connectivity index (χ2n) is 4.78. The second kappa shape index (κ2) is 5.77. The third-order valence-electron chi connectivity index (χ3n) is 3.35. The number of hydrogen-bond acceptors (Lipinski definition) is 3. The Labute approximate surface area is 127 Å². The van der Waals surface area contributed by atoms with E-state index in [4.69, 9.17) is 4.74 Å². The monoisotopic (exact) mass is 296 g/mol. The summed E-state index contributed by atoms with van der Waals surface area (Å²) in [6.45, 7) is 0. The first-order valence-corrected chi connectivity index (χ1v) is 6.80. The number of carbonyl (C=O) groups is 1. The molecule has 6 heteroatoms. The molecule has 22 heavy (non-hydrogen) atoms. The fraction of sp³-hybridized carbons (Fsp3) is 0.125. The molecule has 6 nitrogen and oxygen atoms in total. The first-order valence-electron chi connectivity index (χ1n) is 6.80. The molecule has 0 atom stereocenters. The number of nitrogens with one attached hydrogen (secondary N) is 1. The fourth-order valence-corrected chi connectivity index (χ4v) is 2.25. The van der Waals surface area contributed by atoms with Crippen LogP contribution in [0.2, 0.25) is 0 Å². The quantitative estimate of drug-likeness (QED) is 0.804. The zero-order chi connectivity index (χ0) is 15.5. The molecule has 0 fully saturated rings. The van der Waals surface area contributed by atoms with Crippen LogP contribution in [0.5, 0.6) is 5.75 Å². The first kappa shape index (κ1) is 13.9. The van der Waals surface area contributed by atoms with Gasteiger partial charge in [-0.05, 0) is 36.4 Å². The zero-order valence-corrected chi connectivity index (χ0v) is 12.4. The van der Waals surface area contributed by atoms with Crippen LogP contribution in [0.15, 0.2) is 55.0 Å². The lowest BCUT2D eigenvalue weighted by Gasteiger charge is -2.09. The predicted octanol–water partition coefficient (Wildman–Crippen LogP) is 2.47. The predicted molar refractivity (Wildman–Crippen MR) is 83.5 cm³/mol. The van der Waals surface area contributed by atoms with Gasteiger partial charge in [0.25, 0.3) is 5.91 Å². The van der Waals surface area contributed by atoms with Crippen LogP contribution in [-0.4, -0.2) is 27.4 Å². The Kier molecular flexibility index (Phi) is 3.65. The van der Waals surface area contributed by atoms with E-state index in [1.54, 1.807) is 49.3 Å². The number of carbonyl (C=O) groups excluding carboxylic acids is 1. The standard InChI is InChI=1S/C16H16N4O2/c1-19-16(20-9-3-4-10-20)14(11-17-19)15(21)18-12-5-7-13(22-2)8-6-12/h3-11H,1-2H3,(H,18,21). The topological polar surface area (TPSA) is 61.1 Å². The van der Waals surface area contributed by atoms with Crippen molar-refractivity contribution < 1.29 is 9.53 Å². The van der Waals surface area contributed by atoms with Crippen molar-refractivity contribution in [3.05, 3.63) is 60.6 Å². The number of anilines is 1. The van der Waals surface area contributed by atoms with Gasteiger partial charge in [-0.25, -0.2) is 0 Å². The Morgan fingerprint density at radius 1 is 1.18 bits per heavy atom. The van der Waals surface area contributed by atoms with Crippen molar-refractivity contribution >= 4 is 11.6 Å². The largest absolute Gasteiger partial charge is 0.497 e. The second-order valence-corrected chi connectivity index (χ2v) is 4.78. The Morgan fingerprint density at radius 3 is 2.50 bits per heavy atom. The lowest BCUT2D eigenvalue weighted by molar-refractivity contribution is 0.102. The molecule has 1 aromatic carbocycles. The van der Waals surface area contributed by atoms with E-state index >= 15 is 0 Å². The third-order valence-corrected chi connectivity index (χ3v) is 3.35. The van der Waals surface area contributed by atoms with E-state index < -0.39 is 0 Å². The molecule has 0 saturated carbocycles. The Morgan fingerprint density at radius 2 is 1.86 bits per heavy atom. The molecular weight excluding hydrogens is 280 g/mol. The molecule has 0 radical (unpaired) electrons. The molecule has 0 spiro atoms. The molecule has 2 aromatic heterocycles. The van der Waals surface area contributed by atoms with Gasteiger partial charge in [-0.3, -0.25) is 9.48 Å². The Hall–Kier alpha value is -3.02. The van der Waals surface area contributed by atoms with Gasteiger partial charge in [0.2, 0.25) is 0 Å². The highest BCUT2D eigenvalue weighted by atomic mass is 16.5. The van der Waals surface area contributed by atoms with Crippen molar-refractivity contribution in [2.75, 3.05) is 12.4 Å². The van der Waals surface area contributed by atoms with Crippen LogP contribution < -0.4 is 10.1 Å². The maximum atomic E-state index is 12.5. The molecule has 2 heterocycles. The normalized spacial score (nSPS) is 10.5. The molecule has 0 aliphatic heterocycles. The molecule has 0 aliphatic rings. The Bertz CT molecular complexity index is 773. The summed E-state index contributed by atoms with van der Waals surface area (Å²) in [5.74, 6) is 1.25. The summed E-state index contributed by atoms with van der Waals surface area (Å²) in [6, 6.07) is 11.0. The van der Waals surface area contributed by atoms with Crippen molar-refractivity contribution in [3.8, 4) is 11.6 Å². The average Bonchev–Trinajstić information content (AvgIpc) is 3.17. The summed E-state index contributed by atoms with van der Waals surface area (Å²) in [6.07, 6.45) is 5.32. The van der Waals surface area contributed by atoms with Gasteiger partial charge in [0.15, 0.2) is 0 Å². The van der Waals surface area contributed by atoms with Crippen molar-refractivity contribution in [1.29, 1.82) is 0 Å². The lowest BCUT2D eigenvalue weighted by Crippen LogP contribution is -2.14. The summed E-state index contributed by atoms with van der Waals surface area (Å²) in [5, 5.41) is 7.04. The SMILES string of the molecule is COc1ccc(NC(=O)c2cnn(C)c2-n2cccc2)cc1. The van der Waals surface area contributed by atoms with Gasteiger partial charge >= 0.3 is 0 Å². The number of aromatic nitrogens is 3. The molecule has 0 saturated heterocycles. The molecule has 3 aromatic rings. The number of amides is 1. The number of ether oxygens (including phenoxy) is 1. The number of nitrogens with zero attached hydrogens (tertiary/aromatic N) is 3. The van der Waals surface area contributed by atoms with Crippen LogP contribution in [0.1, 0.15) is 10.4 Å². The number of rotatable bonds is 4. The molecule has 112 valence electrons. The summed E-state index contributed by atoms with van der Waals surface area (Å²) in [7, 11) is 3.41. The number of benzene rings is 1. The smallest absolute Gasteiger partial charge is 0.261 e. The van der Waals surface area contributed by atoms with Gasteiger partial charge in [0.1, 0.15) is 17.1 Å². The summed E-state index contributed by atoms with van der Waals surface area (Å²) in [5.41, 5.74) is 1.21. The minimum absolute atomic E-state index is 0.207. The van der Waals surface area contributed by atoms with Gasteiger partial charge in [-0.2, -0.15) is 5.10 Å². The number of methoxy groups -OCH3 is 1. The molecule has 0 aliphatic carbocycles. The van der Waals surface area contributed by atoms with E-state index in [2.05, 4.69) is 10.4 Å². The van der Waals surface area contributed by atoms with Gasteiger partial charge in [-0.1, -0.05) is 0 Å². The van der Waals surface area contributed by atoms with Crippen LogP contribution in [0, 0.1) is 0 Å². The zero-order valence-electron chi connectivity index (χ0n) is 12.4. The van der Waals surface area contributed by atoms with E-state index in [0.29, 0.717) is 11.3 Å². The van der Waals surface area contributed by atoms with Crippen LogP contribution in [0.4, 0.5) is 5.69 Å². The van der Waals surface area contributed by atoms with E-state index in [9.17, 15) is 4.79 Å². The van der Waals surface area contributed by atoms with Gasteiger partial charge < -0.3 is 14.6 Å². The van der Waals surface area contributed by atoms with Crippen LogP contribution in [0.25, 0.3) is 5.82 Å². The maximum absolute atomic E-state index is 12.5. The lowest BCUT2D eigenvalue weighted by atomic mass is 10.2. The summed E-state index contributed by atoms with van der Waals surface area (Å²) >= 11 is 0. The molecular formula is C16H16N4O2. The highest BCUT2D eigenvalue weighted by Crippen LogP contribution is 2.18. The molecule has 1 amide bonds. The summed E-state index contributed by atoms with van der Waals surface area (Å²) in [4.78, 5) is 12.5. The first-order chi connectivity index (χ1) is 10.7. The maximum Gasteiger partial charge on any atom is 0.261 e. The highest BCUT2D eigenvalue weighted by Gasteiger charge is 2.17. The molecule has 0 unspecified atom stereocenters. The fourth-order valence-electron chi connectivity index (χ4n) is 2.25. The molecule has 1 N–H and O–H groups in total. The molecule has 0 bridgehead atoms. The van der Waals surface area contributed by atoms with Crippen molar-refractivity contribution in [2.24, 2.45) is 7.05 Å². The van der Waals surface area contributed by atoms with Crippen LogP contribution in [-0.2, 0) is 7.05 Å². The third kappa shape index (κ3) is 2.58. The van der Waals surface area contributed by atoms with Crippen LogP contribution in [0.3, 0.4) is 0 Å². The summed E-state index contributed by atoms with van der Waals surface area (Å²) < 4.78 is 8.63. The van der Waals surface area contributed by atoms with E-state index in [-0.39, 0.29) is 5.91 Å². The average molecular weight is 296 g/mol. The van der Waals surface area contributed by atoms with Crippen LogP contribution >= 0.6 is 0 Å². The van der Waals surface area contributed by atoms with Crippen molar-refractivity contribution in [1.82, 2.24) is 14.3 Å². The van der Waals surface area contributed by atoms with E-state index in [0.717, 1.165) is 11.6 Å². The van der Waals surface area contributed by atoms with Crippen molar-refractivity contribution in [3.63, 3.8) is 0 Å². The minimum Gasteiger partial charge on any atom is -0.497 e. The molecule has 3 rings (SSSR count). The number of hydrogen-bond donors (Lipinski definition) is 1. The van der Waals surface area contributed by atoms with E-state index in [1.165, 1.54) is 0 Å². The highest BCUT2D eigenvalue weighted by molar-refractivity contribution is 6.06. The van der Waals surface area contributed by atoms with Crippen molar-refractivity contribution in [2.45, 2.75) is 0 Å². The van der Waals surface area contributed by atoms with Gasteiger partial charge in [0, 0.05) is 25.1 Å². The number of aryl methyl sites for hydroxylation is 1.